The molecule has 0 aromatic heterocycles. The molecule has 0 unspecified atom stereocenters. The molecule has 0 amide bonds. The molecule has 1 N–H and O–H groups in total. The van der Waals surface area contributed by atoms with Gasteiger partial charge in [-0.05, 0) is 35.4 Å². The van der Waals surface area contributed by atoms with Crippen molar-refractivity contribution in [2.24, 2.45) is 5.92 Å². The van der Waals surface area contributed by atoms with Crippen LogP contribution < -0.4 is 5.32 Å². The van der Waals surface area contributed by atoms with Gasteiger partial charge in [-0.3, -0.25) is 0 Å². The van der Waals surface area contributed by atoms with Gasteiger partial charge in [0, 0.05) is 11.6 Å². The zero-order chi connectivity index (χ0) is 14.2. The summed E-state index contributed by atoms with van der Waals surface area (Å²) in [6.45, 7) is 2.24. The van der Waals surface area contributed by atoms with Gasteiger partial charge in [0.25, 0.3) is 0 Å². The molecule has 1 aliphatic heterocycles. The summed E-state index contributed by atoms with van der Waals surface area (Å²) in [4.78, 5) is 0. The van der Waals surface area contributed by atoms with E-state index in [1.54, 1.807) is 0 Å². The minimum Gasteiger partial charge on any atom is -0.377 e. The zero-order valence-electron chi connectivity index (χ0n) is 12.4. The van der Waals surface area contributed by atoms with Gasteiger partial charge in [-0.25, -0.2) is 0 Å². The second-order valence-corrected chi connectivity index (χ2v) is 6.12. The first-order chi connectivity index (χ1) is 10.4. The highest BCUT2D eigenvalue weighted by Gasteiger charge is 2.38. The van der Waals surface area contributed by atoms with Crippen LogP contribution in [-0.4, -0.2) is 0 Å². The molecular weight excluding hydrogens is 254 g/mol. The Labute approximate surface area is 126 Å². The van der Waals surface area contributed by atoms with E-state index in [0.717, 1.165) is 6.42 Å². The number of para-hydroxylation sites is 1. The maximum Gasteiger partial charge on any atom is 0.0554 e. The Morgan fingerprint density at radius 2 is 1.90 bits per heavy atom. The molecule has 2 aromatic carbocycles. The largest absolute Gasteiger partial charge is 0.377 e. The SMILES string of the molecule is CCc1cccc2c1N[C@H](c1ccccc1)[C@H]1CC=C[C@H]21. The summed E-state index contributed by atoms with van der Waals surface area (Å²) < 4.78 is 0. The van der Waals surface area contributed by atoms with Gasteiger partial charge in [0.2, 0.25) is 0 Å². The first kappa shape index (κ1) is 12.7. The molecule has 0 saturated carbocycles. The van der Waals surface area contributed by atoms with E-state index in [1.165, 1.54) is 28.8 Å². The Morgan fingerprint density at radius 1 is 1.05 bits per heavy atom. The maximum atomic E-state index is 3.86. The second-order valence-electron chi connectivity index (χ2n) is 6.12. The molecule has 0 bridgehead atoms. The van der Waals surface area contributed by atoms with E-state index in [9.17, 15) is 0 Å². The van der Waals surface area contributed by atoms with Crippen LogP contribution in [0.2, 0.25) is 0 Å². The first-order valence-electron chi connectivity index (χ1n) is 7.98. The molecule has 3 atom stereocenters. The molecule has 1 heterocycles. The Hall–Kier alpha value is -2.02. The predicted octanol–water partition coefficient (Wildman–Crippen LogP) is 5.08. The lowest BCUT2D eigenvalue weighted by molar-refractivity contribution is 0.425. The van der Waals surface area contributed by atoms with Crippen LogP contribution in [0.15, 0.2) is 60.7 Å². The molecule has 2 aromatic rings. The highest BCUT2D eigenvalue weighted by atomic mass is 15.0. The van der Waals surface area contributed by atoms with E-state index >= 15 is 0 Å². The van der Waals surface area contributed by atoms with Crippen LogP contribution in [-0.2, 0) is 6.42 Å². The number of nitrogens with one attached hydrogen (secondary N) is 1. The number of anilines is 1. The van der Waals surface area contributed by atoms with Crippen molar-refractivity contribution in [1.82, 2.24) is 0 Å². The number of hydrogen-bond acceptors (Lipinski definition) is 1. The van der Waals surface area contributed by atoms with Crippen molar-refractivity contribution in [3.8, 4) is 0 Å². The number of benzene rings is 2. The molecule has 0 fully saturated rings. The lowest BCUT2D eigenvalue weighted by Crippen LogP contribution is -2.29. The van der Waals surface area contributed by atoms with Crippen molar-refractivity contribution in [2.45, 2.75) is 31.7 Å². The number of aryl methyl sites for hydroxylation is 1. The molecule has 4 rings (SSSR count). The third-order valence-corrected chi connectivity index (χ3v) is 5.02. The number of rotatable bonds is 2. The number of fused-ring (bicyclic) bond motifs is 3. The molecule has 0 radical (unpaired) electrons. The average Bonchev–Trinajstić information content (AvgIpc) is 3.04. The Balaban J connectivity index is 1.83. The van der Waals surface area contributed by atoms with Crippen LogP contribution >= 0.6 is 0 Å². The summed E-state index contributed by atoms with van der Waals surface area (Å²) in [6.07, 6.45) is 7.03. The minimum absolute atomic E-state index is 0.423. The van der Waals surface area contributed by atoms with Gasteiger partial charge in [0.1, 0.15) is 0 Å². The number of hydrogen-bond donors (Lipinski definition) is 1. The average molecular weight is 275 g/mol. The summed E-state index contributed by atoms with van der Waals surface area (Å²) in [5, 5.41) is 3.86. The Kier molecular flexibility index (Phi) is 3.07. The second kappa shape index (κ2) is 5.07. The lowest BCUT2D eigenvalue weighted by Gasteiger charge is -2.38. The van der Waals surface area contributed by atoms with Gasteiger partial charge >= 0.3 is 0 Å². The Bertz CT molecular complexity index is 671. The van der Waals surface area contributed by atoms with Crippen molar-refractivity contribution in [3.05, 3.63) is 77.4 Å². The molecule has 106 valence electrons. The van der Waals surface area contributed by atoms with Gasteiger partial charge in [0.15, 0.2) is 0 Å². The predicted molar refractivity (Wildman–Crippen MR) is 88.6 cm³/mol. The van der Waals surface area contributed by atoms with Crippen molar-refractivity contribution in [2.75, 3.05) is 5.32 Å². The monoisotopic (exact) mass is 275 g/mol. The molecule has 0 spiro atoms. The van der Waals surface area contributed by atoms with Gasteiger partial charge in [0.05, 0.1) is 6.04 Å². The van der Waals surface area contributed by atoms with Gasteiger partial charge < -0.3 is 5.32 Å². The smallest absolute Gasteiger partial charge is 0.0554 e. The van der Waals surface area contributed by atoms with Gasteiger partial charge in [-0.1, -0.05) is 67.6 Å². The highest BCUT2D eigenvalue weighted by Crippen LogP contribution is 2.50. The van der Waals surface area contributed by atoms with Crippen molar-refractivity contribution in [1.29, 1.82) is 0 Å². The van der Waals surface area contributed by atoms with Crippen molar-refractivity contribution < 1.29 is 0 Å². The third kappa shape index (κ3) is 1.99. The Morgan fingerprint density at radius 3 is 2.71 bits per heavy atom. The maximum absolute atomic E-state index is 3.86. The van der Waals surface area contributed by atoms with E-state index in [-0.39, 0.29) is 0 Å². The van der Waals surface area contributed by atoms with E-state index in [1.807, 2.05) is 0 Å². The van der Waals surface area contributed by atoms with Crippen molar-refractivity contribution in [3.63, 3.8) is 0 Å². The third-order valence-electron chi connectivity index (χ3n) is 5.02. The topological polar surface area (TPSA) is 12.0 Å². The number of allylic oxidation sites excluding steroid dienone is 2. The standard InChI is InChI=1S/C20H21N/c1-2-14-10-6-12-17-16-11-7-13-18(16)20(21-19(14)17)15-8-4-3-5-9-15/h3-12,16,18,20-21H,2,13H2,1H3/t16-,18+,20-/m1/s1. The van der Waals surface area contributed by atoms with E-state index < -0.39 is 0 Å². The molecule has 21 heavy (non-hydrogen) atoms. The summed E-state index contributed by atoms with van der Waals surface area (Å²) in [6, 6.07) is 18.1. The summed E-state index contributed by atoms with van der Waals surface area (Å²) in [7, 11) is 0. The molecule has 2 aliphatic rings. The fraction of sp³-hybridized carbons (Fsp3) is 0.300. The summed E-state index contributed by atoms with van der Waals surface area (Å²) in [5.74, 6) is 1.21. The fourth-order valence-corrected chi connectivity index (χ4v) is 3.97. The van der Waals surface area contributed by atoms with Crippen LogP contribution in [0.5, 0.6) is 0 Å². The fourth-order valence-electron chi connectivity index (χ4n) is 3.97. The molecule has 1 nitrogen and oxygen atoms in total. The van der Waals surface area contributed by atoms with Crippen LogP contribution in [0.3, 0.4) is 0 Å². The van der Waals surface area contributed by atoms with Crippen LogP contribution in [0.4, 0.5) is 5.69 Å². The lowest BCUT2D eigenvalue weighted by atomic mass is 9.76. The zero-order valence-corrected chi connectivity index (χ0v) is 12.4. The first-order valence-corrected chi connectivity index (χ1v) is 7.98. The molecule has 1 heteroatoms. The summed E-state index contributed by atoms with van der Waals surface area (Å²) >= 11 is 0. The van der Waals surface area contributed by atoms with Crippen LogP contribution in [0.25, 0.3) is 0 Å². The van der Waals surface area contributed by atoms with Gasteiger partial charge in [-0.15, -0.1) is 0 Å². The van der Waals surface area contributed by atoms with Crippen LogP contribution in [0, 0.1) is 5.92 Å². The van der Waals surface area contributed by atoms with Crippen LogP contribution in [0.1, 0.15) is 42.0 Å². The quantitative estimate of drug-likeness (QED) is 0.754. The van der Waals surface area contributed by atoms with E-state index in [2.05, 4.69) is 72.9 Å². The molecule has 0 saturated heterocycles. The van der Waals surface area contributed by atoms with Gasteiger partial charge in [-0.2, -0.15) is 0 Å². The molecular formula is C20H21N. The van der Waals surface area contributed by atoms with Crippen molar-refractivity contribution >= 4 is 5.69 Å². The van der Waals surface area contributed by atoms with E-state index in [4.69, 9.17) is 0 Å². The minimum atomic E-state index is 0.423. The summed E-state index contributed by atoms with van der Waals surface area (Å²) in [5.41, 5.74) is 5.71. The molecule has 1 aliphatic carbocycles. The highest BCUT2D eigenvalue weighted by molar-refractivity contribution is 5.64. The normalized spacial score (nSPS) is 26.0. The van der Waals surface area contributed by atoms with E-state index in [0.29, 0.717) is 17.9 Å².